The lowest BCUT2D eigenvalue weighted by Crippen LogP contribution is -1.96. The van der Waals surface area contributed by atoms with Gasteiger partial charge in [-0.2, -0.15) is 0 Å². The maximum absolute atomic E-state index is 9.72. The second-order valence-corrected chi connectivity index (χ2v) is 5.91. The van der Waals surface area contributed by atoms with Crippen molar-refractivity contribution in [2.24, 2.45) is 5.92 Å². The van der Waals surface area contributed by atoms with Crippen molar-refractivity contribution >= 4 is 0 Å². The molecule has 0 aliphatic heterocycles. The summed E-state index contributed by atoms with van der Waals surface area (Å²) in [6.07, 6.45) is 17.9. The van der Waals surface area contributed by atoms with E-state index in [1.54, 1.807) is 0 Å². The van der Waals surface area contributed by atoms with Crippen molar-refractivity contribution in [3.05, 3.63) is 11.8 Å². The number of hydrogen-bond acceptors (Lipinski definition) is 1. The molecule has 0 aliphatic carbocycles. The zero-order chi connectivity index (χ0) is 14.3. The summed E-state index contributed by atoms with van der Waals surface area (Å²) >= 11 is 0. The lowest BCUT2D eigenvalue weighted by molar-refractivity contribution is 0.333. The molecule has 0 aromatic heterocycles. The summed E-state index contributed by atoms with van der Waals surface area (Å²) in [6, 6.07) is 0. The zero-order valence-corrected chi connectivity index (χ0v) is 13.6. The third-order valence-electron chi connectivity index (χ3n) is 4.03. The van der Waals surface area contributed by atoms with Gasteiger partial charge in [0, 0.05) is 5.92 Å². The van der Waals surface area contributed by atoms with Gasteiger partial charge < -0.3 is 5.11 Å². The minimum atomic E-state index is 0.336. The Kier molecular flexibility index (Phi) is 13.6. The molecule has 0 fully saturated rings. The molecule has 1 N–H and O–H groups in total. The van der Waals surface area contributed by atoms with Gasteiger partial charge in [0.1, 0.15) is 0 Å². The van der Waals surface area contributed by atoms with E-state index in [1.807, 2.05) is 6.08 Å². The van der Waals surface area contributed by atoms with E-state index in [1.165, 1.54) is 64.2 Å². The molecular formula is C18H36O. The van der Waals surface area contributed by atoms with Crippen LogP contribution >= 0.6 is 0 Å². The van der Waals surface area contributed by atoms with E-state index in [9.17, 15) is 5.11 Å². The summed E-state index contributed by atoms with van der Waals surface area (Å²) in [5, 5.41) is 9.72. The van der Waals surface area contributed by atoms with E-state index >= 15 is 0 Å². The van der Waals surface area contributed by atoms with Crippen LogP contribution in [0.3, 0.4) is 0 Å². The molecule has 0 aliphatic rings. The molecule has 0 heterocycles. The van der Waals surface area contributed by atoms with E-state index in [0.29, 0.717) is 11.7 Å². The van der Waals surface area contributed by atoms with Gasteiger partial charge in [0.25, 0.3) is 0 Å². The number of rotatable bonds is 13. The Balaban J connectivity index is 3.23. The monoisotopic (exact) mass is 268 g/mol. The number of allylic oxidation sites excluding steroid dienone is 2. The third kappa shape index (κ3) is 12.3. The quantitative estimate of drug-likeness (QED) is 0.288. The van der Waals surface area contributed by atoms with E-state index < -0.39 is 0 Å². The summed E-state index contributed by atoms with van der Waals surface area (Å²) < 4.78 is 0. The maximum Gasteiger partial charge on any atom is 0.0910 e. The number of aliphatic hydroxyl groups is 1. The zero-order valence-electron chi connectivity index (χ0n) is 13.6. The van der Waals surface area contributed by atoms with Gasteiger partial charge in [0.15, 0.2) is 0 Å². The van der Waals surface area contributed by atoms with E-state index in [-0.39, 0.29) is 0 Å². The van der Waals surface area contributed by atoms with Crippen LogP contribution in [0.2, 0.25) is 0 Å². The number of unbranched alkanes of at least 4 members (excludes halogenated alkanes) is 10. The summed E-state index contributed by atoms with van der Waals surface area (Å²) in [6.45, 7) is 6.48. The Morgan fingerprint density at radius 3 is 1.79 bits per heavy atom. The molecule has 0 saturated heterocycles. The van der Waals surface area contributed by atoms with Crippen molar-refractivity contribution in [1.29, 1.82) is 0 Å². The highest BCUT2D eigenvalue weighted by molar-refractivity contribution is 4.94. The van der Waals surface area contributed by atoms with Crippen molar-refractivity contribution in [3.8, 4) is 0 Å². The largest absolute Gasteiger partial charge is 0.512 e. The van der Waals surface area contributed by atoms with Crippen molar-refractivity contribution < 1.29 is 5.11 Å². The molecule has 1 atom stereocenters. The minimum absolute atomic E-state index is 0.336. The molecule has 114 valence electrons. The minimum Gasteiger partial charge on any atom is -0.512 e. The summed E-state index contributed by atoms with van der Waals surface area (Å²) in [4.78, 5) is 0. The Hall–Kier alpha value is -0.460. The predicted octanol–water partition coefficient (Wildman–Crippen LogP) is 6.79. The second-order valence-electron chi connectivity index (χ2n) is 5.91. The van der Waals surface area contributed by atoms with Crippen LogP contribution < -0.4 is 0 Å². The van der Waals surface area contributed by atoms with Crippen LogP contribution in [0, 0.1) is 5.92 Å². The van der Waals surface area contributed by atoms with Crippen LogP contribution in [0.4, 0.5) is 0 Å². The van der Waals surface area contributed by atoms with Crippen molar-refractivity contribution in [1.82, 2.24) is 0 Å². The lowest BCUT2D eigenvalue weighted by Gasteiger charge is -2.07. The molecule has 0 spiro atoms. The van der Waals surface area contributed by atoms with Gasteiger partial charge in [-0.3, -0.25) is 0 Å². The standard InChI is InChI=1S/C18H36O/c1-4-6-7-8-9-10-11-12-13-14-15-16-18(19)17(3)5-2/h16-17,19H,4-15H2,1-3H3/b18-16-. The summed E-state index contributed by atoms with van der Waals surface area (Å²) in [7, 11) is 0. The fourth-order valence-electron chi connectivity index (χ4n) is 2.29. The smallest absolute Gasteiger partial charge is 0.0910 e. The van der Waals surface area contributed by atoms with Gasteiger partial charge in [0.2, 0.25) is 0 Å². The average Bonchev–Trinajstić information content (AvgIpc) is 2.43. The van der Waals surface area contributed by atoms with Crippen LogP contribution in [0.5, 0.6) is 0 Å². The fraction of sp³-hybridized carbons (Fsp3) is 0.889. The van der Waals surface area contributed by atoms with E-state index in [0.717, 1.165) is 12.8 Å². The first-order valence-electron chi connectivity index (χ1n) is 8.61. The molecule has 0 aromatic rings. The van der Waals surface area contributed by atoms with Crippen LogP contribution in [-0.4, -0.2) is 5.11 Å². The average molecular weight is 268 g/mol. The number of hydrogen-bond donors (Lipinski definition) is 1. The van der Waals surface area contributed by atoms with Crippen molar-refractivity contribution in [2.75, 3.05) is 0 Å². The molecule has 0 bridgehead atoms. The first-order valence-corrected chi connectivity index (χ1v) is 8.61. The highest BCUT2D eigenvalue weighted by Crippen LogP contribution is 2.14. The summed E-state index contributed by atoms with van der Waals surface area (Å²) in [5.41, 5.74) is 0. The molecule has 0 aromatic carbocycles. The SMILES string of the molecule is CCCCCCCCCCCC/C=C(\O)C(C)CC. The molecule has 1 heteroatoms. The normalized spacial score (nSPS) is 13.7. The van der Waals surface area contributed by atoms with Gasteiger partial charge >= 0.3 is 0 Å². The van der Waals surface area contributed by atoms with Crippen LogP contribution in [-0.2, 0) is 0 Å². The Labute approximate surface area is 121 Å². The Morgan fingerprint density at radius 1 is 0.842 bits per heavy atom. The maximum atomic E-state index is 9.72. The predicted molar refractivity (Wildman–Crippen MR) is 86.6 cm³/mol. The topological polar surface area (TPSA) is 20.2 Å². The van der Waals surface area contributed by atoms with Gasteiger partial charge in [-0.15, -0.1) is 0 Å². The number of aliphatic hydroxyl groups excluding tert-OH is 1. The van der Waals surface area contributed by atoms with Crippen LogP contribution in [0.25, 0.3) is 0 Å². The molecule has 0 saturated carbocycles. The molecule has 0 amide bonds. The van der Waals surface area contributed by atoms with E-state index in [4.69, 9.17) is 0 Å². The second kappa shape index (κ2) is 14.0. The fourth-order valence-corrected chi connectivity index (χ4v) is 2.29. The Morgan fingerprint density at radius 2 is 1.32 bits per heavy atom. The van der Waals surface area contributed by atoms with Gasteiger partial charge in [-0.05, 0) is 25.3 Å². The highest BCUT2D eigenvalue weighted by atomic mass is 16.3. The van der Waals surface area contributed by atoms with Crippen LogP contribution in [0.1, 0.15) is 97.8 Å². The Bertz CT molecular complexity index is 208. The molecule has 0 radical (unpaired) electrons. The molecular weight excluding hydrogens is 232 g/mol. The lowest BCUT2D eigenvalue weighted by atomic mass is 10.0. The molecule has 1 unspecified atom stereocenters. The first kappa shape index (κ1) is 18.5. The van der Waals surface area contributed by atoms with E-state index in [2.05, 4.69) is 20.8 Å². The van der Waals surface area contributed by atoms with Gasteiger partial charge in [-0.25, -0.2) is 0 Å². The third-order valence-corrected chi connectivity index (χ3v) is 4.03. The first-order chi connectivity index (χ1) is 9.22. The molecule has 19 heavy (non-hydrogen) atoms. The molecule has 0 rings (SSSR count). The van der Waals surface area contributed by atoms with Gasteiger partial charge in [0.05, 0.1) is 5.76 Å². The highest BCUT2D eigenvalue weighted by Gasteiger charge is 2.02. The van der Waals surface area contributed by atoms with Gasteiger partial charge in [-0.1, -0.05) is 78.6 Å². The summed E-state index contributed by atoms with van der Waals surface area (Å²) in [5.74, 6) is 0.932. The molecule has 1 nitrogen and oxygen atoms in total. The van der Waals surface area contributed by atoms with Crippen LogP contribution in [0.15, 0.2) is 11.8 Å². The van der Waals surface area contributed by atoms with Crippen molar-refractivity contribution in [3.63, 3.8) is 0 Å². The van der Waals surface area contributed by atoms with Crippen molar-refractivity contribution in [2.45, 2.75) is 97.8 Å².